The zero-order valence-electron chi connectivity index (χ0n) is 18.0. The minimum Gasteiger partial charge on any atom is -0.481 e. The molecule has 0 spiro atoms. The highest BCUT2D eigenvalue weighted by atomic mass is 16.4. The molecule has 0 saturated heterocycles. The first kappa shape index (κ1) is 28.7. The van der Waals surface area contributed by atoms with Crippen molar-refractivity contribution in [2.45, 2.75) is 70.3 Å². The highest BCUT2D eigenvalue weighted by molar-refractivity contribution is 5.95. The van der Waals surface area contributed by atoms with E-state index in [0.717, 1.165) is 0 Å². The number of aliphatic hydroxyl groups is 1. The number of primary amides is 1. The number of aliphatic hydroxyl groups excluding tert-OH is 1. The van der Waals surface area contributed by atoms with Gasteiger partial charge in [-0.15, -0.1) is 0 Å². The first-order valence-corrected chi connectivity index (χ1v) is 9.75. The van der Waals surface area contributed by atoms with Crippen LogP contribution in [0.5, 0.6) is 0 Å². The van der Waals surface area contributed by atoms with Crippen LogP contribution >= 0.6 is 0 Å². The molecule has 182 valence electrons. The summed E-state index contributed by atoms with van der Waals surface area (Å²) in [6, 6.07) is -5.73. The minimum absolute atomic E-state index is 0.307. The maximum atomic E-state index is 12.7. The van der Waals surface area contributed by atoms with Gasteiger partial charge in [-0.25, -0.2) is 4.79 Å². The van der Waals surface area contributed by atoms with Gasteiger partial charge in [0.25, 0.3) is 0 Å². The Labute approximate surface area is 184 Å². The summed E-state index contributed by atoms with van der Waals surface area (Å²) < 4.78 is 0. The van der Waals surface area contributed by atoms with E-state index in [0.29, 0.717) is 0 Å². The van der Waals surface area contributed by atoms with Crippen LogP contribution < -0.4 is 27.4 Å². The number of carboxylic acid groups (broad SMARTS) is 2. The number of amides is 4. The average molecular weight is 461 g/mol. The third-order valence-electron chi connectivity index (χ3n) is 4.38. The number of hydrogen-bond acceptors (Lipinski definition) is 8. The Morgan fingerprint density at radius 1 is 0.844 bits per heavy atom. The fraction of sp³-hybridized carbons (Fsp3) is 0.667. The lowest BCUT2D eigenvalue weighted by Gasteiger charge is -2.27. The van der Waals surface area contributed by atoms with E-state index in [2.05, 4.69) is 10.6 Å². The predicted molar refractivity (Wildman–Crippen MR) is 109 cm³/mol. The molecule has 14 heteroatoms. The Morgan fingerprint density at radius 3 is 1.78 bits per heavy atom. The van der Waals surface area contributed by atoms with Gasteiger partial charge in [0.15, 0.2) is 0 Å². The van der Waals surface area contributed by atoms with Crippen molar-refractivity contribution >= 4 is 35.6 Å². The summed E-state index contributed by atoms with van der Waals surface area (Å²) in [4.78, 5) is 70.5. The van der Waals surface area contributed by atoms with Crippen LogP contribution in [0.15, 0.2) is 0 Å². The first-order chi connectivity index (χ1) is 14.7. The van der Waals surface area contributed by atoms with Crippen molar-refractivity contribution < 1.29 is 44.1 Å². The van der Waals surface area contributed by atoms with Gasteiger partial charge >= 0.3 is 11.9 Å². The Balaban J connectivity index is 5.54. The molecule has 0 aliphatic rings. The van der Waals surface area contributed by atoms with E-state index in [1.165, 1.54) is 6.92 Å². The molecular formula is C18H31N5O9. The fourth-order valence-corrected chi connectivity index (χ4v) is 2.47. The van der Waals surface area contributed by atoms with E-state index < -0.39 is 78.2 Å². The van der Waals surface area contributed by atoms with Crippen LogP contribution in [0.25, 0.3) is 0 Å². The highest BCUT2D eigenvalue weighted by Gasteiger charge is 2.32. The van der Waals surface area contributed by atoms with Crippen molar-refractivity contribution in [1.82, 2.24) is 16.0 Å². The standard InChI is InChI=1S/C18H31N5O9/c1-7(2)14(23-16(29)13(20)8(3)24)17(30)21-9(4-5-11(19)25)15(28)22-10(18(31)32)6-12(26)27/h7-10,13-14,24H,4-6,20H2,1-3H3,(H2,19,25)(H,21,30)(H,22,28)(H,23,29)(H,26,27)(H,31,32). The molecule has 5 unspecified atom stereocenters. The van der Waals surface area contributed by atoms with Gasteiger partial charge in [-0.2, -0.15) is 0 Å². The highest BCUT2D eigenvalue weighted by Crippen LogP contribution is 2.07. The normalized spacial score (nSPS) is 15.6. The van der Waals surface area contributed by atoms with Crippen LogP contribution in [0.2, 0.25) is 0 Å². The van der Waals surface area contributed by atoms with Gasteiger partial charge in [0, 0.05) is 6.42 Å². The topological polar surface area (TPSA) is 251 Å². The Kier molecular flexibility index (Phi) is 11.9. The van der Waals surface area contributed by atoms with Gasteiger partial charge in [-0.05, 0) is 19.3 Å². The van der Waals surface area contributed by atoms with E-state index in [1.54, 1.807) is 13.8 Å². The molecule has 0 saturated carbocycles. The molecule has 0 aliphatic carbocycles. The largest absolute Gasteiger partial charge is 0.481 e. The van der Waals surface area contributed by atoms with Crippen molar-refractivity contribution in [2.24, 2.45) is 17.4 Å². The zero-order chi connectivity index (χ0) is 25.2. The smallest absolute Gasteiger partial charge is 0.326 e. The Bertz CT molecular complexity index is 726. The molecule has 0 bridgehead atoms. The zero-order valence-corrected chi connectivity index (χ0v) is 18.0. The molecule has 5 atom stereocenters. The van der Waals surface area contributed by atoms with Crippen molar-refractivity contribution in [3.63, 3.8) is 0 Å². The summed E-state index contributed by atoms with van der Waals surface area (Å²) in [6.07, 6.45) is -2.76. The fourth-order valence-electron chi connectivity index (χ4n) is 2.47. The number of nitrogens with one attached hydrogen (secondary N) is 3. The van der Waals surface area contributed by atoms with Gasteiger partial charge in [-0.3, -0.25) is 24.0 Å². The monoisotopic (exact) mass is 461 g/mol. The second-order valence-electron chi connectivity index (χ2n) is 7.56. The van der Waals surface area contributed by atoms with Gasteiger partial charge in [0.05, 0.1) is 12.5 Å². The summed E-state index contributed by atoms with van der Waals surface area (Å²) in [6.45, 7) is 4.46. The molecule has 10 N–H and O–H groups in total. The van der Waals surface area contributed by atoms with Gasteiger partial charge < -0.3 is 42.7 Å². The van der Waals surface area contributed by atoms with Crippen molar-refractivity contribution in [1.29, 1.82) is 0 Å². The molecule has 32 heavy (non-hydrogen) atoms. The Morgan fingerprint density at radius 2 is 1.38 bits per heavy atom. The first-order valence-electron chi connectivity index (χ1n) is 9.75. The lowest BCUT2D eigenvalue weighted by molar-refractivity contribution is -0.147. The number of carboxylic acids is 2. The second-order valence-corrected chi connectivity index (χ2v) is 7.56. The minimum atomic E-state index is -1.78. The van der Waals surface area contributed by atoms with Crippen LogP contribution in [0.3, 0.4) is 0 Å². The number of nitrogens with two attached hydrogens (primary N) is 2. The number of hydrogen-bond donors (Lipinski definition) is 8. The quantitative estimate of drug-likeness (QED) is 0.127. The molecule has 0 rings (SSSR count). The van der Waals surface area contributed by atoms with E-state index in [1.807, 2.05) is 5.32 Å². The molecule has 0 fully saturated rings. The molecule has 0 aromatic carbocycles. The van der Waals surface area contributed by atoms with Crippen LogP contribution in [-0.2, 0) is 28.8 Å². The number of rotatable bonds is 14. The van der Waals surface area contributed by atoms with E-state index in [4.69, 9.17) is 21.7 Å². The molecule has 0 radical (unpaired) electrons. The predicted octanol–water partition coefficient (Wildman–Crippen LogP) is -3.37. The van der Waals surface area contributed by atoms with Crippen LogP contribution in [0, 0.1) is 5.92 Å². The number of aliphatic carboxylic acids is 2. The van der Waals surface area contributed by atoms with Gasteiger partial charge in [-0.1, -0.05) is 13.8 Å². The molecule has 0 aliphatic heterocycles. The average Bonchev–Trinajstić information content (AvgIpc) is 2.66. The lowest BCUT2D eigenvalue weighted by Crippen LogP contribution is -2.59. The summed E-state index contributed by atoms with van der Waals surface area (Å²) in [7, 11) is 0. The van der Waals surface area contributed by atoms with Crippen molar-refractivity contribution in [3.05, 3.63) is 0 Å². The summed E-state index contributed by atoms with van der Waals surface area (Å²) in [5.74, 6) is -7.09. The molecule has 4 amide bonds. The summed E-state index contributed by atoms with van der Waals surface area (Å²) in [5, 5.41) is 34.0. The third-order valence-corrected chi connectivity index (χ3v) is 4.38. The van der Waals surface area contributed by atoms with Gasteiger partial charge in [0.2, 0.25) is 23.6 Å². The maximum Gasteiger partial charge on any atom is 0.326 e. The molecule has 14 nitrogen and oxygen atoms in total. The Hall–Kier alpha value is -3.26. The molecule has 0 heterocycles. The lowest BCUT2D eigenvalue weighted by atomic mass is 10.0. The van der Waals surface area contributed by atoms with E-state index in [9.17, 15) is 33.9 Å². The third kappa shape index (κ3) is 10.2. The van der Waals surface area contributed by atoms with Crippen LogP contribution in [0.4, 0.5) is 0 Å². The SMILES string of the molecule is CC(C)C(NC(=O)C(N)C(C)O)C(=O)NC(CCC(N)=O)C(=O)NC(CC(=O)O)C(=O)O. The van der Waals surface area contributed by atoms with Crippen molar-refractivity contribution in [2.75, 3.05) is 0 Å². The second kappa shape index (κ2) is 13.2. The van der Waals surface area contributed by atoms with Crippen molar-refractivity contribution in [3.8, 4) is 0 Å². The summed E-state index contributed by atoms with van der Waals surface area (Å²) >= 11 is 0. The summed E-state index contributed by atoms with van der Waals surface area (Å²) in [5.41, 5.74) is 10.6. The number of carbonyl (C=O) groups excluding carboxylic acids is 4. The van der Waals surface area contributed by atoms with Gasteiger partial charge in [0.1, 0.15) is 24.2 Å². The van der Waals surface area contributed by atoms with E-state index in [-0.39, 0.29) is 12.8 Å². The number of carbonyl (C=O) groups is 6. The van der Waals surface area contributed by atoms with Crippen LogP contribution in [-0.4, -0.2) is 81.2 Å². The van der Waals surface area contributed by atoms with E-state index >= 15 is 0 Å². The maximum absolute atomic E-state index is 12.7. The molecule has 0 aromatic heterocycles. The molecule has 0 aromatic rings. The molecular weight excluding hydrogens is 430 g/mol. The van der Waals surface area contributed by atoms with Crippen LogP contribution in [0.1, 0.15) is 40.0 Å².